The van der Waals surface area contributed by atoms with Crippen molar-refractivity contribution in [2.24, 2.45) is 0 Å². The second-order valence-electron chi connectivity index (χ2n) is 6.03. The summed E-state index contributed by atoms with van der Waals surface area (Å²) in [5.41, 5.74) is -0.827. The van der Waals surface area contributed by atoms with Crippen molar-refractivity contribution in [3.63, 3.8) is 0 Å². The van der Waals surface area contributed by atoms with Crippen molar-refractivity contribution in [2.45, 2.75) is 37.0 Å². The van der Waals surface area contributed by atoms with Gasteiger partial charge in [-0.05, 0) is 45.1 Å². The lowest BCUT2D eigenvalue weighted by atomic mass is 9.82. The van der Waals surface area contributed by atoms with Crippen LogP contribution in [-0.2, 0) is 18.0 Å². The number of hydrogen-bond donors (Lipinski definition) is 1. The summed E-state index contributed by atoms with van der Waals surface area (Å²) in [6.45, 7) is 2.05. The molecule has 1 fully saturated rings. The third-order valence-corrected chi connectivity index (χ3v) is 4.96. The minimum Gasteiger partial charge on any atom is -0.340 e. The Morgan fingerprint density at radius 1 is 1.00 bits per heavy atom. The number of nitrogens with zero attached hydrogens (tertiary/aromatic N) is 2. The van der Waals surface area contributed by atoms with Crippen LogP contribution in [0.2, 0.25) is 0 Å². The smallest absolute Gasteiger partial charge is 0.340 e. The van der Waals surface area contributed by atoms with Gasteiger partial charge in [0.2, 0.25) is 0 Å². The maximum Gasteiger partial charge on any atom is 0.459 e. The van der Waals surface area contributed by atoms with Crippen LogP contribution in [0.25, 0.3) is 0 Å². The van der Waals surface area contributed by atoms with Gasteiger partial charge in [-0.15, -0.1) is 24.8 Å². The normalized spacial score (nSPS) is 20.9. The SMILES string of the molecule is CN1CCn2c(ccc2C(F)(F)C(F)(F)F)C12CCNCC2.Cl.Cl. The molecule has 1 aromatic rings. The quantitative estimate of drug-likeness (QED) is 0.734. The summed E-state index contributed by atoms with van der Waals surface area (Å²) >= 11 is 0. The molecule has 24 heavy (non-hydrogen) atoms. The lowest BCUT2D eigenvalue weighted by molar-refractivity contribution is -0.292. The number of hydrogen-bond acceptors (Lipinski definition) is 2. The molecule has 1 N–H and O–H groups in total. The fourth-order valence-corrected chi connectivity index (χ4v) is 3.67. The van der Waals surface area contributed by atoms with Crippen LogP contribution in [0.5, 0.6) is 0 Å². The van der Waals surface area contributed by atoms with E-state index in [1.54, 1.807) is 0 Å². The predicted molar refractivity (Wildman–Crippen MR) is 85.3 cm³/mol. The van der Waals surface area contributed by atoms with Crippen LogP contribution in [0.3, 0.4) is 0 Å². The molecular formula is C14H20Cl2F5N3. The fraction of sp³-hybridized carbons (Fsp3) is 0.714. The van der Waals surface area contributed by atoms with Crippen LogP contribution in [0.4, 0.5) is 22.0 Å². The van der Waals surface area contributed by atoms with Gasteiger partial charge in [0, 0.05) is 18.8 Å². The summed E-state index contributed by atoms with van der Waals surface area (Å²) in [5.74, 6) is -4.82. The highest BCUT2D eigenvalue weighted by atomic mass is 35.5. The van der Waals surface area contributed by atoms with Crippen LogP contribution in [0.15, 0.2) is 12.1 Å². The van der Waals surface area contributed by atoms with Gasteiger partial charge >= 0.3 is 12.1 Å². The van der Waals surface area contributed by atoms with Crippen molar-refractivity contribution in [3.8, 4) is 0 Å². The zero-order chi connectivity index (χ0) is 16.2. The summed E-state index contributed by atoms with van der Waals surface area (Å²) < 4.78 is 66.8. The molecule has 1 saturated heterocycles. The van der Waals surface area contributed by atoms with Crippen LogP contribution in [0.1, 0.15) is 24.2 Å². The molecular weight excluding hydrogens is 376 g/mol. The number of likely N-dealkylation sites (N-methyl/N-ethyl adjacent to an activating group) is 1. The molecule has 3 rings (SSSR count). The standard InChI is InChI=1S/C14H18F5N3.2ClH/c1-21-8-9-22-10(12(21)4-6-20-7-5-12)2-3-11(22)13(15,16)14(17,18)19;;/h2-3,20H,4-9H2,1H3;2*1H. The Morgan fingerprint density at radius 2 is 1.58 bits per heavy atom. The molecule has 0 unspecified atom stereocenters. The van der Waals surface area contributed by atoms with Crippen molar-refractivity contribution in [1.82, 2.24) is 14.8 Å². The van der Waals surface area contributed by atoms with Crippen molar-refractivity contribution < 1.29 is 22.0 Å². The van der Waals surface area contributed by atoms with Gasteiger partial charge in [0.15, 0.2) is 0 Å². The first-order chi connectivity index (χ1) is 10.2. The summed E-state index contributed by atoms with van der Waals surface area (Å²) in [5, 5.41) is 3.20. The van der Waals surface area contributed by atoms with Gasteiger partial charge < -0.3 is 9.88 Å². The molecule has 0 aliphatic carbocycles. The van der Waals surface area contributed by atoms with Gasteiger partial charge in [-0.2, -0.15) is 22.0 Å². The largest absolute Gasteiger partial charge is 0.459 e. The van der Waals surface area contributed by atoms with Crippen molar-refractivity contribution in [1.29, 1.82) is 0 Å². The Bertz CT molecular complexity index is 567. The molecule has 0 saturated carbocycles. The van der Waals surface area contributed by atoms with E-state index in [4.69, 9.17) is 0 Å². The Kier molecular flexibility index (Phi) is 6.24. The van der Waals surface area contributed by atoms with E-state index >= 15 is 0 Å². The molecule has 1 spiro atoms. The number of aromatic nitrogens is 1. The first-order valence-electron chi connectivity index (χ1n) is 7.27. The van der Waals surface area contributed by atoms with Crippen LogP contribution >= 0.6 is 24.8 Å². The Labute approximate surface area is 149 Å². The zero-order valence-corrected chi connectivity index (χ0v) is 14.6. The van der Waals surface area contributed by atoms with E-state index < -0.39 is 23.3 Å². The third-order valence-electron chi connectivity index (χ3n) is 4.96. The summed E-state index contributed by atoms with van der Waals surface area (Å²) in [4.78, 5) is 2.08. The molecule has 3 heterocycles. The van der Waals surface area contributed by atoms with Gasteiger partial charge in [-0.1, -0.05) is 0 Å². The maximum atomic E-state index is 13.8. The summed E-state index contributed by atoms with van der Waals surface area (Å²) in [6, 6.07) is 2.38. The van der Waals surface area contributed by atoms with E-state index in [1.165, 1.54) is 10.6 Å². The molecule has 140 valence electrons. The first-order valence-corrected chi connectivity index (χ1v) is 7.27. The Morgan fingerprint density at radius 3 is 2.12 bits per heavy atom. The second kappa shape index (κ2) is 6.97. The van der Waals surface area contributed by atoms with E-state index in [9.17, 15) is 22.0 Å². The van der Waals surface area contributed by atoms with E-state index in [2.05, 4.69) is 10.2 Å². The molecule has 0 amide bonds. The average molecular weight is 396 g/mol. The number of rotatable bonds is 1. The monoisotopic (exact) mass is 395 g/mol. The number of nitrogens with one attached hydrogen (secondary N) is 1. The highest BCUT2D eigenvalue weighted by Gasteiger charge is 2.61. The number of halogens is 7. The minimum atomic E-state index is -5.58. The van der Waals surface area contributed by atoms with Crippen LogP contribution < -0.4 is 5.32 Å². The third kappa shape index (κ3) is 3.02. The molecule has 0 aromatic carbocycles. The van der Waals surface area contributed by atoms with Gasteiger partial charge in [-0.3, -0.25) is 4.90 Å². The van der Waals surface area contributed by atoms with Crippen molar-refractivity contribution >= 4 is 24.8 Å². The topological polar surface area (TPSA) is 20.2 Å². The maximum absolute atomic E-state index is 13.8. The molecule has 0 atom stereocenters. The predicted octanol–water partition coefficient (Wildman–Crippen LogP) is 3.51. The van der Waals surface area contributed by atoms with Crippen molar-refractivity contribution in [2.75, 3.05) is 26.7 Å². The Hall–Kier alpha value is -0.570. The Balaban J connectivity index is 0.00000144. The number of alkyl halides is 5. The summed E-state index contributed by atoms with van der Waals surface area (Å²) in [7, 11) is 1.91. The summed E-state index contributed by atoms with van der Waals surface area (Å²) in [6.07, 6.45) is -4.18. The van der Waals surface area contributed by atoms with E-state index in [1.807, 2.05) is 7.05 Å². The molecule has 1 aromatic heterocycles. The zero-order valence-electron chi connectivity index (χ0n) is 13.0. The minimum absolute atomic E-state index is 0. The molecule has 0 bridgehead atoms. The van der Waals surface area contributed by atoms with E-state index in [-0.39, 0.29) is 31.4 Å². The molecule has 2 aliphatic rings. The molecule has 2 aliphatic heterocycles. The molecule has 10 heteroatoms. The van der Waals surface area contributed by atoms with Gasteiger partial charge in [0.25, 0.3) is 0 Å². The second-order valence-corrected chi connectivity index (χ2v) is 6.03. The number of piperidine rings is 1. The lowest BCUT2D eigenvalue weighted by Gasteiger charge is -2.49. The fourth-order valence-electron chi connectivity index (χ4n) is 3.67. The van der Waals surface area contributed by atoms with Crippen molar-refractivity contribution in [3.05, 3.63) is 23.5 Å². The molecule has 0 radical (unpaired) electrons. The van der Waals surface area contributed by atoms with E-state index in [0.717, 1.165) is 19.2 Å². The van der Waals surface area contributed by atoms with Crippen LogP contribution in [-0.4, -0.2) is 42.3 Å². The first kappa shape index (κ1) is 21.5. The van der Waals surface area contributed by atoms with Gasteiger partial charge in [-0.25, -0.2) is 0 Å². The lowest BCUT2D eigenvalue weighted by Crippen LogP contribution is -2.55. The highest BCUT2D eigenvalue weighted by molar-refractivity contribution is 5.85. The van der Waals surface area contributed by atoms with Gasteiger partial charge in [0.05, 0.1) is 11.2 Å². The molecule has 3 nitrogen and oxygen atoms in total. The number of fused-ring (bicyclic) bond motifs is 2. The van der Waals surface area contributed by atoms with E-state index in [0.29, 0.717) is 25.1 Å². The highest BCUT2D eigenvalue weighted by Crippen LogP contribution is 2.47. The van der Waals surface area contributed by atoms with Gasteiger partial charge in [0.1, 0.15) is 0 Å². The van der Waals surface area contributed by atoms with Crippen LogP contribution in [0, 0.1) is 0 Å². The average Bonchev–Trinajstić information content (AvgIpc) is 2.89.